The maximum Gasteiger partial charge on any atom is 0.421 e. The van der Waals surface area contributed by atoms with Crippen molar-refractivity contribution >= 4 is 34.7 Å². The van der Waals surface area contributed by atoms with Crippen molar-refractivity contribution in [2.75, 3.05) is 10.6 Å². The van der Waals surface area contributed by atoms with E-state index in [9.17, 15) is 18.0 Å². The van der Waals surface area contributed by atoms with Gasteiger partial charge in [0.1, 0.15) is 11.4 Å². The van der Waals surface area contributed by atoms with Crippen LogP contribution in [0.25, 0.3) is 0 Å². The van der Waals surface area contributed by atoms with E-state index in [0.29, 0.717) is 6.20 Å². The van der Waals surface area contributed by atoms with Crippen LogP contribution in [0.5, 0.6) is 0 Å². The van der Waals surface area contributed by atoms with Crippen molar-refractivity contribution in [2.45, 2.75) is 13.1 Å². The molecule has 9 heteroatoms. The van der Waals surface area contributed by atoms with Gasteiger partial charge < -0.3 is 10.6 Å². The van der Waals surface area contributed by atoms with Crippen LogP contribution in [0.1, 0.15) is 11.1 Å². The lowest BCUT2D eigenvalue weighted by atomic mass is 10.1. The second-order valence-electron chi connectivity index (χ2n) is 4.77. The number of nitrogens with zero attached hydrogens (tertiary/aromatic N) is 2. The average molecular weight is 357 g/mol. The van der Waals surface area contributed by atoms with Gasteiger partial charge in [0.2, 0.25) is 11.2 Å². The predicted octanol–water partition coefficient (Wildman–Crippen LogP) is 4.33. The summed E-state index contributed by atoms with van der Waals surface area (Å²) in [5.74, 6) is -1.01. The van der Waals surface area contributed by atoms with Gasteiger partial charge in [-0.15, -0.1) is 0 Å². The molecule has 0 aliphatic carbocycles. The first-order chi connectivity index (χ1) is 11.2. The normalized spacial score (nSPS) is 11.0. The van der Waals surface area contributed by atoms with Crippen LogP contribution in [0.15, 0.2) is 37.1 Å². The Bertz CT molecular complexity index is 793. The fourth-order valence-corrected chi connectivity index (χ4v) is 1.98. The zero-order valence-electron chi connectivity index (χ0n) is 12.4. The molecule has 0 aliphatic rings. The van der Waals surface area contributed by atoms with E-state index in [4.69, 9.17) is 11.6 Å². The van der Waals surface area contributed by atoms with Gasteiger partial charge in [0.05, 0.1) is 11.4 Å². The lowest BCUT2D eigenvalue weighted by Gasteiger charge is -2.16. The van der Waals surface area contributed by atoms with Crippen molar-refractivity contribution in [2.24, 2.45) is 0 Å². The van der Waals surface area contributed by atoms with Crippen molar-refractivity contribution in [3.8, 4) is 0 Å². The zero-order valence-corrected chi connectivity index (χ0v) is 13.2. The van der Waals surface area contributed by atoms with Gasteiger partial charge in [-0.1, -0.05) is 12.6 Å². The molecule has 126 valence electrons. The number of benzene rings is 1. The van der Waals surface area contributed by atoms with E-state index in [1.54, 1.807) is 19.1 Å². The quantitative estimate of drug-likeness (QED) is 0.632. The van der Waals surface area contributed by atoms with Crippen molar-refractivity contribution < 1.29 is 18.0 Å². The van der Waals surface area contributed by atoms with E-state index in [1.807, 2.05) is 0 Å². The molecule has 0 atom stereocenters. The molecule has 5 nitrogen and oxygen atoms in total. The molecule has 2 N–H and O–H groups in total. The molecule has 0 saturated heterocycles. The van der Waals surface area contributed by atoms with Gasteiger partial charge in [-0.05, 0) is 42.3 Å². The summed E-state index contributed by atoms with van der Waals surface area (Å²) < 4.78 is 39.2. The molecule has 0 saturated carbocycles. The molecule has 2 aromatic rings. The summed E-state index contributed by atoms with van der Waals surface area (Å²) in [6, 6.07) is 4.78. The first-order valence-corrected chi connectivity index (χ1v) is 6.99. The number of hydrogen-bond donors (Lipinski definition) is 2. The smallest absolute Gasteiger partial charge is 0.338 e. The molecule has 1 aromatic heterocycles. The van der Waals surface area contributed by atoms with Gasteiger partial charge in [0.15, 0.2) is 0 Å². The molecule has 2 rings (SSSR count). The fraction of sp³-hybridized carbons (Fsp3) is 0.133. The van der Waals surface area contributed by atoms with E-state index in [0.717, 1.165) is 11.6 Å². The number of hydrogen-bond acceptors (Lipinski definition) is 4. The number of aromatic nitrogens is 2. The number of aryl methyl sites for hydroxylation is 1. The first kappa shape index (κ1) is 17.7. The molecule has 0 spiro atoms. The summed E-state index contributed by atoms with van der Waals surface area (Å²) in [4.78, 5) is 18.4. The second kappa shape index (κ2) is 6.88. The van der Waals surface area contributed by atoms with Crippen LogP contribution >= 0.6 is 11.6 Å². The van der Waals surface area contributed by atoms with Crippen molar-refractivity contribution in [3.05, 3.63) is 53.5 Å². The zero-order chi connectivity index (χ0) is 17.9. The van der Waals surface area contributed by atoms with Crippen molar-refractivity contribution in [1.29, 1.82) is 0 Å². The van der Waals surface area contributed by atoms with E-state index in [1.165, 1.54) is 6.07 Å². The van der Waals surface area contributed by atoms with Crippen LogP contribution in [0.3, 0.4) is 0 Å². The summed E-state index contributed by atoms with van der Waals surface area (Å²) in [6.07, 6.45) is -3.02. The van der Waals surface area contributed by atoms with Crippen molar-refractivity contribution in [3.63, 3.8) is 0 Å². The third-order valence-electron chi connectivity index (χ3n) is 2.94. The Morgan fingerprint density at radius 2 is 2.04 bits per heavy atom. The fourth-order valence-electron chi connectivity index (χ4n) is 1.84. The topological polar surface area (TPSA) is 66.9 Å². The average Bonchev–Trinajstić information content (AvgIpc) is 2.48. The van der Waals surface area contributed by atoms with E-state index >= 15 is 0 Å². The van der Waals surface area contributed by atoms with Gasteiger partial charge in [-0.25, -0.2) is 4.98 Å². The maximum absolute atomic E-state index is 13.1. The van der Waals surface area contributed by atoms with Crippen LogP contribution in [0.2, 0.25) is 5.28 Å². The number of amides is 1. The lowest BCUT2D eigenvalue weighted by Crippen LogP contribution is -2.13. The Balaban J connectivity index is 2.47. The molecule has 0 unspecified atom stereocenters. The largest absolute Gasteiger partial charge is 0.421 e. The molecule has 24 heavy (non-hydrogen) atoms. The number of rotatable bonds is 4. The van der Waals surface area contributed by atoms with E-state index < -0.39 is 23.5 Å². The number of anilines is 3. The third kappa shape index (κ3) is 4.23. The van der Waals surface area contributed by atoms with Crippen LogP contribution in [-0.2, 0) is 11.0 Å². The van der Waals surface area contributed by atoms with Crippen LogP contribution in [-0.4, -0.2) is 15.9 Å². The summed E-state index contributed by atoms with van der Waals surface area (Å²) in [6.45, 7) is 5.11. The number of alkyl halides is 3. The highest BCUT2D eigenvalue weighted by atomic mass is 35.5. The minimum atomic E-state index is -4.66. The number of carbonyl (C=O) groups is 1. The molecular weight excluding hydrogens is 345 g/mol. The summed E-state index contributed by atoms with van der Waals surface area (Å²) in [5.41, 5.74) is 0.226. The highest BCUT2D eigenvalue weighted by Crippen LogP contribution is 2.36. The molecule has 1 aromatic carbocycles. The molecule has 1 heterocycles. The van der Waals surface area contributed by atoms with Gasteiger partial charge in [-0.2, -0.15) is 18.2 Å². The number of carbonyl (C=O) groups excluding carboxylic acids is 1. The Kier molecular flexibility index (Phi) is 5.08. The van der Waals surface area contributed by atoms with Gasteiger partial charge in [0.25, 0.3) is 0 Å². The molecule has 1 amide bonds. The first-order valence-electron chi connectivity index (χ1n) is 6.61. The second-order valence-corrected chi connectivity index (χ2v) is 5.10. The molecule has 0 radical (unpaired) electrons. The minimum Gasteiger partial charge on any atom is -0.338 e. The highest BCUT2D eigenvalue weighted by molar-refractivity contribution is 6.28. The Hall–Kier alpha value is -2.61. The van der Waals surface area contributed by atoms with E-state index in [-0.39, 0.29) is 16.7 Å². The van der Waals surface area contributed by atoms with Gasteiger partial charge >= 0.3 is 6.18 Å². The van der Waals surface area contributed by atoms with Crippen LogP contribution in [0, 0.1) is 6.92 Å². The minimum absolute atomic E-state index is 0.219. The standard InChI is InChI=1S/C15H12ClF3N4O/c1-3-12(24)21-11-6-8(2)4-5-10(11)22-13-9(15(17,18)19)7-20-14(16)23-13/h3-7H,1H2,2H3,(H,21,24)(H,20,22,23). The Morgan fingerprint density at radius 1 is 1.33 bits per heavy atom. The number of halogens is 4. The predicted molar refractivity (Wildman–Crippen MR) is 85.3 cm³/mol. The molecule has 0 fully saturated rings. The van der Waals surface area contributed by atoms with Gasteiger partial charge in [0, 0.05) is 6.20 Å². The molecular formula is C15H12ClF3N4O. The van der Waals surface area contributed by atoms with Crippen LogP contribution in [0.4, 0.5) is 30.4 Å². The summed E-state index contributed by atoms with van der Waals surface area (Å²) in [5, 5.41) is 4.72. The summed E-state index contributed by atoms with van der Waals surface area (Å²) >= 11 is 5.59. The summed E-state index contributed by atoms with van der Waals surface area (Å²) in [7, 11) is 0. The maximum atomic E-state index is 13.1. The SMILES string of the molecule is C=CC(=O)Nc1cc(C)ccc1Nc1nc(Cl)ncc1C(F)(F)F. The highest BCUT2D eigenvalue weighted by Gasteiger charge is 2.35. The monoisotopic (exact) mass is 356 g/mol. The molecule has 0 bridgehead atoms. The van der Waals surface area contributed by atoms with Crippen molar-refractivity contribution in [1.82, 2.24) is 9.97 Å². The van der Waals surface area contributed by atoms with E-state index in [2.05, 4.69) is 27.2 Å². The van der Waals surface area contributed by atoms with Crippen LogP contribution < -0.4 is 10.6 Å². The Labute approximate surface area is 140 Å². The Morgan fingerprint density at radius 3 is 2.67 bits per heavy atom. The van der Waals surface area contributed by atoms with Gasteiger partial charge in [-0.3, -0.25) is 4.79 Å². The lowest BCUT2D eigenvalue weighted by molar-refractivity contribution is -0.137. The number of nitrogens with one attached hydrogen (secondary N) is 2. The third-order valence-corrected chi connectivity index (χ3v) is 3.12. The molecule has 0 aliphatic heterocycles.